The van der Waals surface area contributed by atoms with Gasteiger partial charge >= 0.3 is 0 Å². The van der Waals surface area contributed by atoms with Crippen molar-refractivity contribution >= 4 is 23.2 Å². The van der Waals surface area contributed by atoms with E-state index in [0.29, 0.717) is 48.8 Å². The molecule has 0 amide bonds. The van der Waals surface area contributed by atoms with E-state index in [4.69, 9.17) is 30.5 Å². The molecule has 2 N–H and O–H groups in total. The van der Waals surface area contributed by atoms with Crippen LogP contribution in [0.4, 0.5) is 5.69 Å². The van der Waals surface area contributed by atoms with E-state index >= 15 is 0 Å². The van der Waals surface area contributed by atoms with Crippen molar-refractivity contribution in [3.8, 4) is 17.2 Å². The topological polar surface area (TPSA) is 73.3 Å². The molecule has 0 aliphatic rings. The van der Waals surface area contributed by atoms with Crippen molar-refractivity contribution < 1.29 is 18.9 Å². The molecule has 8 heteroatoms. The number of hydrogen-bond donors (Lipinski definition) is 2. The maximum Gasteiger partial charge on any atom is 0.195 e. The standard InChI is InChI=1S/C22H30ClN3O4/c1-5-29-21-19(23)12-16(13-20(21)28-4)15-25-22(24-2)26-17-8-6-9-18(14-17)30-11-7-10-27-3/h6,8-9,12-14H,5,7,10-11,15H2,1-4H3,(H2,24,25,26). The van der Waals surface area contributed by atoms with Crippen LogP contribution in [0.1, 0.15) is 18.9 Å². The van der Waals surface area contributed by atoms with E-state index in [1.165, 1.54) is 0 Å². The summed E-state index contributed by atoms with van der Waals surface area (Å²) >= 11 is 6.35. The Morgan fingerprint density at radius 2 is 1.93 bits per heavy atom. The third-order valence-corrected chi connectivity index (χ3v) is 4.40. The molecule has 0 spiro atoms. The van der Waals surface area contributed by atoms with Crippen molar-refractivity contribution in [3.63, 3.8) is 0 Å². The summed E-state index contributed by atoms with van der Waals surface area (Å²) in [5, 5.41) is 7.04. The zero-order valence-corrected chi connectivity index (χ0v) is 18.7. The molecule has 0 radical (unpaired) electrons. The predicted molar refractivity (Wildman–Crippen MR) is 121 cm³/mol. The molecule has 0 atom stereocenters. The number of benzene rings is 2. The number of ether oxygens (including phenoxy) is 4. The maximum absolute atomic E-state index is 6.35. The molecule has 0 aliphatic carbocycles. The molecule has 0 saturated heterocycles. The first-order chi connectivity index (χ1) is 14.6. The highest BCUT2D eigenvalue weighted by molar-refractivity contribution is 6.32. The Hall–Kier alpha value is -2.64. The molecule has 0 aromatic heterocycles. The second-order valence-corrected chi connectivity index (χ2v) is 6.72. The third kappa shape index (κ3) is 7.31. The van der Waals surface area contributed by atoms with Crippen LogP contribution >= 0.6 is 11.6 Å². The first kappa shape index (κ1) is 23.6. The summed E-state index contributed by atoms with van der Waals surface area (Å²) in [5.41, 5.74) is 1.81. The molecule has 0 unspecified atom stereocenters. The van der Waals surface area contributed by atoms with Crippen LogP contribution in [0.25, 0.3) is 0 Å². The lowest BCUT2D eigenvalue weighted by atomic mass is 10.2. The molecule has 164 valence electrons. The van der Waals surface area contributed by atoms with Crippen molar-refractivity contribution in [2.75, 3.05) is 46.4 Å². The lowest BCUT2D eigenvalue weighted by Gasteiger charge is -2.15. The molecule has 2 aromatic rings. The fraction of sp³-hybridized carbons (Fsp3) is 0.409. The van der Waals surface area contributed by atoms with Gasteiger partial charge in [-0.3, -0.25) is 4.99 Å². The van der Waals surface area contributed by atoms with Crippen LogP contribution in [-0.4, -0.2) is 47.0 Å². The first-order valence-corrected chi connectivity index (χ1v) is 10.2. The summed E-state index contributed by atoms with van der Waals surface area (Å²) in [4.78, 5) is 4.27. The van der Waals surface area contributed by atoms with E-state index in [1.54, 1.807) is 21.3 Å². The summed E-state index contributed by atoms with van der Waals surface area (Å²) in [7, 11) is 4.99. The largest absolute Gasteiger partial charge is 0.493 e. The van der Waals surface area contributed by atoms with Gasteiger partial charge in [0, 0.05) is 45.5 Å². The highest BCUT2D eigenvalue weighted by Gasteiger charge is 2.12. The van der Waals surface area contributed by atoms with Crippen LogP contribution in [-0.2, 0) is 11.3 Å². The molecule has 0 bridgehead atoms. The summed E-state index contributed by atoms with van der Waals surface area (Å²) < 4.78 is 21.7. The number of nitrogens with zero attached hydrogens (tertiary/aromatic N) is 1. The monoisotopic (exact) mass is 435 g/mol. The van der Waals surface area contributed by atoms with Gasteiger partial charge in [-0.05, 0) is 36.8 Å². The average Bonchev–Trinajstić information content (AvgIpc) is 2.76. The van der Waals surface area contributed by atoms with E-state index in [1.807, 2.05) is 43.3 Å². The zero-order valence-electron chi connectivity index (χ0n) is 18.0. The fourth-order valence-corrected chi connectivity index (χ4v) is 3.01. The molecule has 0 aliphatic heterocycles. The van der Waals surface area contributed by atoms with Crippen LogP contribution < -0.4 is 24.8 Å². The quantitative estimate of drug-likeness (QED) is 0.310. The van der Waals surface area contributed by atoms with Crippen molar-refractivity contribution in [1.82, 2.24) is 5.32 Å². The molecule has 2 aromatic carbocycles. The normalized spacial score (nSPS) is 11.2. The van der Waals surface area contributed by atoms with E-state index in [-0.39, 0.29) is 0 Å². The molecule has 30 heavy (non-hydrogen) atoms. The van der Waals surface area contributed by atoms with Crippen LogP contribution in [0.3, 0.4) is 0 Å². The minimum absolute atomic E-state index is 0.509. The van der Waals surface area contributed by atoms with Crippen LogP contribution in [0, 0.1) is 0 Å². The van der Waals surface area contributed by atoms with Gasteiger partial charge in [0.25, 0.3) is 0 Å². The zero-order chi connectivity index (χ0) is 21.8. The lowest BCUT2D eigenvalue weighted by molar-refractivity contribution is 0.172. The Labute approximate surface area is 183 Å². The van der Waals surface area contributed by atoms with E-state index in [9.17, 15) is 0 Å². The molecule has 2 rings (SSSR count). The van der Waals surface area contributed by atoms with Gasteiger partial charge in [-0.15, -0.1) is 0 Å². The van der Waals surface area contributed by atoms with Gasteiger partial charge in [-0.1, -0.05) is 17.7 Å². The third-order valence-electron chi connectivity index (χ3n) is 4.12. The summed E-state index contributed by atoms with van der Waals surface area (Å²) in [5.74, 6) is 2.56. The molecule has 0 saturated carbocycles. The summed E-state index contributed by atoms with van der Waals surface area (Å²) in [6.07, 6.45) is 0.839. The van der Waals surface area contributed by atoms with Gasteiger partial charge in [-0.2, -0.15) is 0 Å². The number of hydrogen-bond acceptors (Lipinski definition) is 5. The number of methoxy groups -OCH3 is 2. The van der Waals surface area contributed by atoms with Crippen LogP contribution in [0.15, 0.2) is 41.4 Å². The van der Waals surface area contributed by atoms with E-state index < -0.39 is 0 Å². The Morgan fingerprint density at radius 3 is 2.63 bits per heavy atom. The number of aliphatic imine (C=N–C) groups is 1. The smallest absolute Gasteiger partial charge is 0.195 e. The molecular formula is C22H30ClN3O4. The highest BCUT2D eigenvalue weighted by Crippen LogP contribution is 2.36. The van der Waals surface area contributed by atoms with Gasteiger partial charge in [0.1, 0.15) is 5.75 Å². The molecule has 7 nitrogen and oxygen atoms in total. The van der Waals surface area contributed by atoms with Crippen molar-refractivity contribution in [1.29, 1.82) is 0 Å². The van der Waals surface area contributed by atoms with Gasteiger partial charge in [0.05, 0.1) is 25.3 Å². The summed E-state index contributed by atoms with van der Waals surface area (Å²) in [6, 6.07) is 11.5. The maximum atomic E-state index is 6.35. The van der Waals surface area contributed by atoms with Crippen LogP contribution in [0.5, 0.6) is 17.2 Å². The number of rotatable bonds is 11. The Bertz CT molecular complexity index is 830. The number of nitrogens with one attached hydrogen (secondary N) is 2. The van der Waals surface area contributed by atoms with Gasteiger partial charge in [0.15, 0.2) is 17.5 Å². The Kier molecular flexibility index (Phi) is 10.1. The van der Waals surface area contributed by atoms with Gasteiger partial charge < -0.3 is 29.6 Å². The van der Waals surface area contributed by atoms with Crippen LogP contribution in [0.2, 0.25) is 5.02 Å². The lowest BCUT2D eigenvalue weighted by Crippen LogP contribution is -2.30. The van der Waals surface area contributed by atoms with Gasteiger partial charge in [-0.25, -0.2) is 0 Å². The number of halogens is 1. The SMILES string of the molecule is CCOc1c(Cl)cc(CNC(=NC)Nc2cccc(OCCCOC)c2)cc1OC. The minimum Gasteiger partial charge on any atom is -0.493 e. The average molecular weight is 436 g/mol. The molecular weight excluding hydrogens is 406 g/mol. The minimum atomic E-state index is 0.509. The molecule has 0 heterocycles. The van der Waals surface area contributed by atoms with Crippen molar-refractivity contribution in [3.05, 3.63) is 47.0 Å². The second kappa shape index (κ2) is 12.8. The van der Waals surface area contributed by atoms with Gasteiger partial charge in [0.2, 0.25) is 0 Å². The van der Waals surface area contributed by atoms with E-state index in [2.05, 4.69) is 15.6 Å². The van der Waals surface area contributed by atoms with Crippen molar-refractivity contribution in [2.45, 2.75) is 19.9 Å². The molecule has 0 fully saturated rings. The number of guanidine groups is 1. The van der Waals surface area contributed by atoms with E-state index in [0.717, 1.165) is 23.4 Å². The summed E-state index contributed by atoms with van der Waals surface area (Å²) in [6.45, 7) is 4.20. The Morgan fingerprint density at radius 1 is 1.10 bits per heavy atom. The predicted octanol–water partition coefficient (Wildman–Crippen LogP) is 4.35. The Balaban J connectivity index is 1.98. The van der Waals surface area contributed by atoms with Crippen molar-refractivity contribution in [2.24, 2.45) is 4.99 Å². The first-order valence-electron chi connectivity index (χ1n) is 9.79. The second-order valence-electron chi connectivity index (χ2n) is 6.32. The fourth-order valence-electron chi connectivity index (χ4n) is 2.72. The highest BCUT2D eigenvalue weighted by atomic mass is 35.5. The number of anilines is 1.